The average molecular weight is 302 g/mol. The molecule has 0 amide bonds. The molecule has 1 aliphatic heterocycles. The Morgan fingerprint density at radius 2 is 2.00 bits per heavy atom. The molecule has 3 rings (SSSR count). The Morgan fingerprint density at radius 3 is 2.67 bits per heavy atom. The lowest BCUT2D eigenvalue weighted by Crippen LogP contribution is -2.43. The SMILES string of the molecule is CCN1CCC(NC(C)c2sc3ccccc3c2C)CC1. The highest BCUT2D eigenvalue weighted by Gasteiger charge is 2.21. The van der Waals surface area contributed by atoms with Crippen molar-refractivity contribution in [2.45, 2.75) is 45.7 Å². The number of likely N-dealkylation sites (tertiary alicyclic amines) is 1. The van der Waals surface area contributed by atoms with Crippen LogP contribution in [0.1, 0.15) is 43.2 Å². The van der Waals surface area contributed by atoms with E-state index in [-0.39, 0.29) is 0 Å². The topological polar surface area (TPSA) is 15.3 Å². The molecule has 1 aromatic heterocycles. The second-order valence-electron chi connectivity index (χ2n) is 6.18. The molecule has 1 aliphatic rings. The number of thiophene rings is 1. The van der Waals surface area contributed by atoms with E-state index >= 15 is 0 Å². The molecule has 0 bridgehead atoms. The fraction of sp³-hybridized carbons (Fsp3) is 0.556. The van der Waals surface area contributed by atoms with Crippen molar-refractivity contribution in [1.82, 2.24) is 10.2 Å². The predicted octanol–water partition coefficient (Wildman–Crippen LogP) is 4.34. The van der Waals surface area contributed by atoms with Gasteiger partial charge in [0.1, 0.15) is 0 Å². The zero-order valence-electron chi connectivity index (χ0n) is 13.4. The minimum Gasteiger partial charge on any atom is -0.307 e. The number of hydrogen-bond donors (Lipinski definition) is 1. The smallest absolute Gasteiger partial charge is 0.0391 e. The summed E-state index contributed by atoms with van der Waals surface area (Å²) in [5.41, 5.74) is 1.46. The molecule has 114 valence electrons. The van der Waals surface area contributed by atoms with Crippen LogP contribution in [-0.2, 0) is 0 Å². The van der Waals surface area contributed by atoms with E-state index in [1.807, 2.05) is 11.3 Å². The van der Waals surface area contributed by atoms with Crippen LogP contribution < -0.4 is 5.32 Å². The summed E-state index contributed by atoms with van der Waals surface area (Å²) >= 11 is 1.95. The van der Waals surface area contributed by atoms with Crippen LogP contribution in [0.25, 0.3) is 10.1 Å². The van der Waals surface area contributed by atoms with Gasteiger partial charge < -0.3 is 10.2 Å². The lowest BCUT2D eigenvalue weighted by molar-refractivity contribution is 0.200. The monoisotopic (exact) mass is 302 g/mol. The Bertz CT molecular complexity index is 596. The van der Waals surface area contributed by atoms with Gasteiger partial charge in [-0.2, -0.15) is 0 Å². The van der Waals surface area contributed by atoms with Gasteiger partial charge in [-0.05, 0) is 63.3 Å². The largest absolute Gasteiger partial charge is 0.307 e. The first kappa shape index (κ1) is 15.0. The maximum atomic E-state index is 3.87. The fourth-order valence-corrected chi connectivity index (χ4v) is 4.67. The van der Waals surface area contributed by atoms with Crippen LogP contribution in [-0.4, -0.2) is 30.6 Å². The highest BCUT2D eigenvalue weighted by molar-refractivity contribution is 7.19. The summed E-state index contributed by atoms with van der Waals surface area (Å²) < 4.78 is 1.42. The van der Waals surface area contributed by atoms with Crippen molar-refractivity contribution in [1.29, 1.82) is 0 Å². The van der Waals surface area contributed by atoms with Crippen LogP contribution in [0.4, 0.5) is 0 Å². The van der Waals surface area contributed by atoms with E-state index in [4.69, 9.17) is 0 Å². The number of nitrogens with zero attached hydrogens (tertiary/aromatic N) is 1. The lowest BCUT2D eigenvalue weighted by Gasteiger charge is -2.33. The minimum atomic E-state index is 0.459. The predicted molar refractivity (Wildman–Crippen MR) is 93.2 cm³/mol. The molecule has 1 aromatic carbocycles. The Hall–Kier alpha value is -0.900. The van der Waals surface area contributed by atoms with Crippen molar-refractivity contribution in [3.63, 3.8) is 0 Å². The summed E-state index contributed by atoms with van der Waals surface area (Å²) in [5.74, 6) is 0. The van der Waals surface area contributed by atoms with Crippen molar-refractivity contribution in [3.8, 4) is 0 Å². The normalized spacial score (nSPS) is 19.2. The number of nitrogens with one attached hydrogen (secondary N) is 1. The molecule has 2 aromatic rings. The van der Waals surface area contributed by atoms with Gasteiger partial charge in [0.05, 0.1) is 0 Å². The third kappa shape index (κ3) is 3.15. The molecule has 21 heavy (non-hydrogen) atoms. The molecular weight excluding hydrogens is 276 g/mol. The Morgan fingerprint density at radius 1 is 1.29 bits per heavy atom. The van der Waals surface area contributed by atoms with E-state index in [0.717, 1.165) is 0 Å². The molecule has 1 N–H and O–H groups in total. The van der Waals surface area contributed by atoms with Gasteiger partial charge in [-0.25, -0.2) is 0 Å². The van der Waals surface area contributed by atoms with Crippen molar-refractivity contribution < 1.29 is 0 Å². The molecular formula is C18H26N2S. The maximum Gasteiger partial charge on any atom is 0.0391 e. The molecule has 0 spiro atoms. The first-order valence-corrected chi connectivity index (χ1v) is 8.97. The first-order valence-electron chi connectivity index (χ1n) is 8.15. The van der Waals surface area contributed by atoms with Crippen molar-refractivity contribution in [2.75, 3.05) is 19.6 Å². The van der Waals surface area contributed by atoms with Gasteiger partial charge in [0.15, 0.2) is 0 Å². The van der Waals surface area contributed by atoms with Crippen LogP contribution in [0.5, 0.6) is 0 Å². The summed E-state index contributed by atoms with van der Waals surface area (Å²) in [4.78, 5) is 4.06. The molecule has 0 saturated carbocycles. The van der Waals surface area contributed by atoms with Gasteiger partial charge in [-0.15, -0.1) is 11.3 Å². The number of fused-ring (bicyclic) bond motifs is 1. The third-order valence-electron chi connectivity index (χ3n) is 4.79. The lowest BCUT2D eigenvalue weighted by atomic mass is 10.0. The van der Waals surface area contributed by atoms with Gasteiger partial charge in [-0.1, -0.05) is 25.1 Å². The minimum absolute atomic E-state index is 0.459. The van der Waals surface area contributed by atoms with Crippen LogP contribution in [0.15, 0.2) is 24.3 Å². The molecule has 2 nitrogen and oxygen atoms in total. The number of piperidine rings is 1. The molecule has 0 radical (unpaired) electrons. The molecule has 3 heteroatoms. The zero-order chi connectivity index (χ0) is 14.8. The summed E-state index contributed by atoms with van der Waals surface area (Å²) in [6, 6.07) is 9.90. The van der Waals surface area contributed by atoms with E-state index in [1.165, 1.54) is 53.0 Å². The van der Waals surface area contributed by atoms with Crippen molar-refractivity contribution >= 4 is 21.4 Å². The van der Waals surface area contributed by atoms with Crippen LogP contribution >= 0.6 is 11.3 Å². The van der Waals surface area contributed by atoms with Gasteiger partial charge in [0.25, 0.3) is 0 Å². The van der Waals surface area contributed by atoms with Crippen molar-refractivity contribution in [3.05, 3.63) is 34.7 Å². The highest BCUT2D eigenvalue weighted by atomic mass is 32.1. The Balaban J connectivity index is 1.70. The van der Waals surface area contributed by atoms with E-state index in [0.29, 0.717) is 12.1 Å². The van der Waals surface area contributed by atoms with E-state index in [2.05, 4.69) is 55.3 Å². The molecule has 1 unspecified atom stereocenters. The highest BCUT2D eigenvalue weighted by Crippen LogP contribution is 2.34. The molecule has 2 heterocycles. The van der Waals surface area contributed by atoms with Crippen LogP contribution in [0.3, 0.4) is 0 Å². The Labute approximate surface area is 132 Å². The number of benzene rings is 1. The van der Waals surface area contributed by atoms with E-state index in [9.17, 15) is 0 Å². The summed E-state index contributed by atoms with van der Waals surface area (Å²) in [5, 5.41) is 5.29. The number of rotatable bonds is 4. The zero-order valence-corrected chi connectivity index (χ0v) is 14.2. The van der Waals surface area contributed by atoms with Crippen LogP contribution in [0, 0.1) is 6.92 Å². The van der Waals surface area contributed by atoms with E-state index < -0.39 is 0 Å². The second-order valence-corrected chi connectivity index (χ2v) is 7.27. The molecule has 0 aliphatic carbocycles. The molecule has 1 fully saturated rings. The van der Waals surface area contributed by atoms with Gasteiger partial charge in [0, 0.05) is 21.7 Å². The van der Waals surface area contributed by atoms with Gasteiger partial charge in [-0.3, -0.25) is 0 Å². The van der Waals surface area contributed by atoms with Crippen LogP contribution in [0.2, 0.25) is 0 Å². The molecule has 1 saturated heterocycles. The Kier molecular flexibility index (Phi) is 4.63. The maximum absolute atomic E-state index is 3.87. The number of aryl methyl sites for hydroxylation is 1. The summed E-state index contributed by atoms with van der Waals surface area (Å²) in [7, 11) is 0. The quantitative estimate of drug-likeness (QED) is 0.903. The third-order valence-corrected chi connectivity index (χ3v) is 6.25. The summed E-state index contributed by atoms with van der Waals surface area (Å²) in [6.07, 6.45) is 2.56. The first-order chi connectivity index (χ1) is 10.2. The standard InChI is InChI=1S/C18H26N2S/c1-4-20-11-9-15(10-12-20)19-14(3)18-13(2)16-7-5-6-8-17(16)21-18/h5-8,14-15,19H,4,9-12H2,1-3H3. The number of hydrogen-bond acceptors (Lipinski definition) is 3. The molecule has 1 atom stereocenters. The van der Waals surface area contributed by atoms with Crippen molar-refractivity contribution in [2.24, 2.45) is 0 Å². The van der Waals surface area contributed by atoms with Gasteiger partial charge >= 0.3 is 0 Å². The summed E-state index contributed by atoms with van der Waals surface area (Å²) in [6.45, 7) is 10.5. The average Bonchev–Trinajstić information content (AvgIpc) is 2.86. The second kappa shape index (κ2) is 6.47. The fourth-order valence-electron chi connectivity index (χ4n) is 3.45. The van der Waals surface area contributed by atoms with E-state index in [1.54, 1.807) is 0 Å². The van der Waals surface area contributed by atoms with Gasteiger partial charge in [0.2, 0.25) is 0 Å².